The van der Waals surface area contributed by atoms with Gasteiger partial charge in [0.05, 0.1) is 47.7 Å². The van der Waals surface area contributed by atoms with Crippen LogP contribution < -0.4 is 30.3 Å². The highest BCUT2D eigenvalue weighted by molar-refractivity contribution is 7.80. The highest BCUT2D eigenvalue weighted by atomic mass is 35.5. The zero-order chi connectivity index (χ0) is 33.1. The molecule has 0 aliphatic carbocycles. The van der Waals surface area contributed by atoms with E-state index in [9.17, 15) is 9.59 Å². The number of ether oxygens (including phenoxy) is 4. The molecule has 3 N–H and O–H groups in total. The molecular formula is C33H32ClN5O6S. The fraction of sp³-hybridized carbons (Fsp3) is 0.242. The fourth-order valence-electron chi connectivity index (χ4n) is 4.51. The fourth-order valence-corrected chi connectivity index (χ4v) is 5.05. The van der Waals surface area contributed by atoms with Gasteiger partial charge < -0.3 is 29.6 Å². The van der Waals surface area contributed by atoms with Crippen molar-refractivity contribution in [3.05, 3.63) is 99.2 Å². The number of thiocarbonyl (C=S) groups is 1. The van der Waals surface area contributed by atoms with Gasteiger partial charge in [0.1, 0.15) is 12.4 Å². The molecule has 1 amide bonds. The van der Waals surface area contributed by atoms with E-state index < -0.39 is 17.9 Å². The van der Waals surface area contributed by atoms with E-state index in [-0.39, 0.29) is 19.8 Å². The van der Waals surface area contributed by atoms with Crippen molar-refractivity contribution in [1.29, 1.82) is 5.26 Å². The van der Waals surface area contributed by atoms with Crippen molar-refractivity contribution in [2.24, 2.45) is 5.10 Å². The number of nitrogens with zero attached hydrogens (tertiary/aromatic N) is 2. The molecule has 0 saturated carbocycles. The summed E-state index contributed by atoms with van der Waals surface area (Å²) in [6, 6.07) is 18.8. The second-order valence-corrected chi connectivity index (χ2v) is 10.6. The van der Waals surface area contributed by atoms with Crippen molar-refractivity contribution in [2.75, 3.05) is 19.8 Å². The molecule has 1 atom stereocenters. The number of para-hydroxylation sites is 1. The van der Waals surface area contributed by atoms with Gasteiger partial charge in [0, 0.05) is 11.3 Å². The molecule has 1 aliphatic heterocycles. The number of rotatable bonds is 13. The Labute approximate surface area is 277 Å². The summed E-state index contributed by atoms with van der Waals surface area (Å²) in [6.07, 6.45) is 1.42. The van der Waals surface area contributed by atoms with E-state index >= 15 is 0 Å². The molecule has 0 aromatic heterocycles. The maximum atomic E-state index is 12.8. The van der Waals surface area contributed by atoms with Crippen molar-refractivity contribution in [3.63, 3.8) is 0 Å². The zero-order valence-corrected chi connectivity index (χ0v) is 27.0. The molecule has 0 fully saturated rings. The van der Waals surface area contributed by atoms with Gasteiger partial charge in [-0.3, -0.25) is 4.79 Å². The first-order chi connectivity index (χ1) is 22.2. The molecule has 238 valence electrons. The van der Waals surface area contributed by atoms with Crippen molar-refractivity contribution in [1.82, 2.24) is 16.1 Å². The van der Waals surface area contributed by atoms with Crippen LogP contribution in [0.2, 0.25) is 5.02 Å². The Balaban J connectivity index is 1.40. The van der Waals surface area contributed by atoms with E-state index in [0.717, 1.165) is 5.56 Å². The van der Waals surface area contributed by atoms with Crippen LogP contribution in [-0.2, 0) is 20.9 Å². The van der Waals surface area contributed by atoms with Crippen LogP contribution in [0.4, 0.5) is 0 Å². The molecule has 0 unspecified atom stereocenters. The second-order valence-electron chi connectivity index (χ2n) is 9.77. The number of carbonyl (C=O) groups excluding carboxylic acids is 2. The Hall–Kier alpha value is -5.12. The SMILES string of the molecule is CCOC(=O)C1=C(C)NC(=S)N[C@@H]1c1ccccc1OCC(=O)NN=Cc1cc(Cl)c(OCc2ccc(C#N)cc2)c(OCC)c1. The Morgan fingerprint density at radius 1 is 1.07 bits per heavy atom. The van der Waals surface area contributed by atoms with E-state index in [4.69, 9.17) is 48.0 Å². The molecule has 11 nitrogen and oxygen atoms in total. The van der Waals surface area contributed by atoms with Crippen LogP contribution in [0.3, 0.4) is 0 Å². The summed E-state index contributed by atoms with van der Waals surface area (Å²) in [7, 11) is 0. The van der Waals surface area contributed by atoms with Gasteiger partial charge in [-0.15, -0.1) is 0 Å². The lowest BCUT2D eigenvalue weighted by Crippen LogP contribution is -2.45. The van der Waals surface area contributed by atoms with E-state index in [0.29, 0.717) is 62.0 Å². The van der Waals surface area contributed by atoms with Crippen molar-refractivity contribution >= 4 is 47.0 Å². The van der Waals surface area contributed by atoms with E-state index in [1.807, 2.05) is 6.92 Å². The third kappa shape index (κ3) is 8.74. The standard InChI is InChI=1S/C33H32ClN5O6S/c1-4-42-27-15-23(14-25(34)31(27)45-18-22-12-10-21(16-35)11-13-22)17-36-39-28(40)19-44-26-9-7-6-8-24(26)30-29(32(41)43-5-2)20(3)37-33(46)38-30/h6-15,17,30H,4-5,18-19H2,1-3H3,(H,39,40)(H2,37,38,46)/t30-/m1/s1. The molecule has 4 rings (SSSR count). The lowest BCUT2D eigenvalue weighted by molar-refractivity contribution is -0.139. The topological polar surface area (TPSA) is 143 Å². The number of allylic oxidation sites excluding steroid dienone is 1. The Morgan fingerprint density at radius 3 is 2.54 bits per heavy atom. The number of esters is 1. The number of hydrogen-bond acceptors (Lipinski definition) is 9. The molecule has 46 heavy (non-hydrogen) atoms. The highest BCUT2D eigenvalue weighted by Crippen LogP contribution is 2.37. The average molecular weight is 662 g/mol. The van der Waals surface area contributed by atoms with Crippen LogP contribution in [0.25, 0.3) is 0 Å². The van der Waals surface area contributed by atoms with Crippen molar-refractivity contribution < 1.29 is 28.5 Å². The number of amides is 1. The summed E-state index contributed by atoms with van der Waals surface area (Å²) in [5, 5.41) is 19.7. The molecule has 1 heterocycles. The van der Waals surface area contributed by atoms with Gasteiger partial charge in [-0.25, -0.2) is 10.2 Å². The van der Waals surface area contributed by atoms with Gasteiger partial charge in [-0.1, -0.05) is 41.9 Å². The predicted molar refractivity (Wildman–Crippen MR) is 177 cm³/mol. The molecule has 0 saturated heterocycles. The van der Waals surface area contributed by atoms with Crippen molar-refractivity contribution in [2.45, 2.75) is 33.4 Å². The minimum atomic E-state index is -0.648. The highest BCUT2D eigenvalue weighted by Gasteiger charge is 2.32. The number of benzene rings is 3. The van der Waals surface area contributed by atoms with Crippen LogP contribution in [0.15, 0.2) is 77.0 Å². The predicted octanol–water partition coefficient (Wildman–Crippen LogP) is 5.07. The zero-order valence-electron chi connectivity index (χ0n) is 25.4. The molecule has 3 aromatic rings. The summed E-state index contributed by atoms with van der Waals surface area (Å²) in [5.74, 6) is 0.141. The minimum Gasteiger partial charge on any atom is -0.490 e. The van der Waals surface area contributed by atoms with Crippen LogP contribution in [-0.4, -0.2) is 43.0 Å². The lowest BCUT2D eigenvalue weighted by atomic mass is 9.95. The Morgan fingerprint density at radius 2 is 1.83 bits per heavy atom. The first-order valence-corrected chi connectivity index (χ1v) is 15.1. The van der Waals surface area contributed by atoms with Gasteiger partial charge in [-0.2, -0.15) is 10.4 Å². The maximum absolute atomic E-state index is 12.8. The van der Waals surface area contributed by atoms with E-state index in [1.165, 1.54) is 6.21 Å². The third-order valence-electron chi connectivity index (χ3n) is 6.55. The summed E-state index contributed by atoms with van der Waals surface area (Å²) in [6.45, 7) is 5.75. The molecule has 1 aliphatic rings. The second kappa shape index (κ2) is 16.3. The smallest absolute Gasteiger partial charge is 0.338 e. The minimum absolute atomic E-state index is 0.211. The van der Waals surface area contributed by atoms with Crippen LogP contribution >= 0.6 is 23.8 Å². The van der Waals surface area contributed by atoms with E-state index in [1.54, 1.807) is 74.5 Å². The molecule has 0 bridgehead atoms. The summed E-state index contributed by atoms with van der Waals surface area (Å²) in [4.78, 5) is 25.4. The maximum Gasteiger partial charge on any atom is 0.338 e. The Kier molecular flexibility index (Phi) is 11.9. The first kappa shape index (κ1) is 33.8. The summed E-state index contributed by atoms with van der Waals surface area (Å²) >= 11 is 11.8. The summed E-state index contributed by atoms with van der Waals surface area (Å²) in [5.41, 5.74) is 5.94. The van der Waals surface area contributed by atoms with E-state index in [2.05, 4.69) is 27.2 Å². The average Bonchev–Trinajstić information content (AvgIpc) is 3.03. The van der Waals surface area contributed by atoms with Gasteiger partial charge >= 0.3 is 5.97 Å². The largest absolute Gasteiger partial charge is 0.490 e. The number of hydrogen-bond donors (Lipinski definition) is 3. The van der Waals surface area contributed by atoms with Crippen molar-refractivity contribution in [3.8, 4) is 23.3 Å². The van der Waals surface area contributed by atoms with Gasteiger partial charge in [0.25, 0.3) is 5.91 Å². The molecule has 3 aromatic carbocycles. The quantitative estimate of drug-likeness (QED) is 0.0983. The number of halogens is 1. The monoisotopic (exact) mass is 661 g/mol. The Bertz CT molecular complexity index is 1700. The summed E-state index contributed by atoms with van der Waals surface area (Å²) < 4.78 is 22.8. The lowest BCUT2D eigenvalue weighted by Gasteiger charge is -2.30. The third-order valence-corrected chi connectivity index (χ3v) is 7.05. The van der Waals surface area contributed by atoms with Crippen LogP contribution in [0.1, 0.15) is 49.1 Å². The molecule has 0 spiro atoms. The first-order valence-electron chi connectivity index (χ1n) is 14.3. The molecular weight excluding hydrogens is 630 g/mol. The van der Waals surface area contributed by atoms with Gasteiger partial charge in [-0.05, 0) is 74.4 Å². The molecule has 0 radical (unpaired) electrons. The number of carbonyl (C=O) groups is 2. The molecule has 13 heteroatoms. The number of nitrogens with one attached hydrogen (secondary N) is 3. The number of hydrazone groups is 1. The van der Waals surface area contributed by atoms with Gasteiger partial charge in [0.2, 0.25) is 0 Å². The van der Waals surface area contributed by atoms with Gasteiger partial charge in [0.15, 0.2) is 23.2 Å². The van der Waals surface area contributed by atoms with Crippen LogP contribution in [0, 0.1) is 11.3 Å². The number of nitriles is 1. The van der Waals surface area contributed by atoms with Crippen LogP contribution in [0.5, 0.6) is 17.2 Å². The normalized spacial score (nSPS) is 14.2.